The van der Waals surface area contributed by atoms with E-state index >= 15 is 0 Å². The van der Waals surface area contributed by atoms with Crippen molar-refractivity contribution in [1.29, 1.82) is 0 Å². The maximum Gasteiger partial charge on any atom is 0.259 e. The predicted molar refractivity (Wildman–Crippen MR) is 85.5 cm³/mol. The van der Waals surface area contributed by atoms with Crippen LogP contribution in [0.5, 0.6) is 0 Å². The number of anilines is 3. The summed E-state index contributed by atoms with van der Waals surface area (Å²) in [4.78, 5) is 18.4. The first-order valence-corrected chi connectivity index (χ1v) is 6.53. The smallest absolute Gasteiger partial charge is 0.259 e. The highest BCUT2D eigenvalue weighted by atomic mass is 16.1. The van der Waals surface area contributed by atoms with E-state index in [1.807, 2.05) is 50.2 Å². The topological polar surface area (TPSA) is 83.3 Å². The Balaban J connectivity index is 2.24. The Bertz CT molecular complexity index is 654. The van der Waals surface area contributed by atoms with Crippen molar-refractivity contribution >= 4 is 23.0 Å². The van der Waals surface area contributed by atoms with Gasteiger partial charge in [0.15, 0.2) is 0 Å². The normalized spacial score (nSPS) is 10.1. The number of carbonyl (C=O) groups is 1. The number of aromatic nitrogens is 1. The van der Waals surface area contributed by atoms with Gasteiger partial charge in [0.05, 0.1) is 11.3 Å². The van der Waals surface area contributed by atoms with Crippen molar-refractivity contribution in [2.24, 2.45) is 5.84 Å². The van der Waals surface area contributed by atoms with E-state index in [4.69, 9.17) is 5.84 Å². The molecule has 0 radical (unpaired) electrons. The molecule has 0 atom stereocenters. The zero-order chi connectivity index (χ0) is 15.4. The molecule has 2 aromatic rings. The first kappa shape index (κ1) is 14.8. The van der Waals surface area contributed by atoms with Crippen molar-refractivity contribution in [3.63, 3.8) is 0 Å². The number of nitrogens with one attached hydrogen (secondary N) is 2. The number of aryl methyl sites for hydroxylation is 1. The van der Waals surface area contributed by atoms with Crippen molar-refractivity contribution in [2.75, 3.05) is 29.7 Å². The zero-order valence-corrected chi connectivity index (χ0v) is 12.3. The second-order valence-electron chi connectivity index (χ2n) is 4.91. The van der Waals surface area contributed by atoms with Gasteiger partial charge in [-0.05, 0) is 31.2 Å². The molecule has 0 saturated heterocycles. The van der Waals surface area contributed by atoms with Gasteiger partial charge < -0.3 is 15.6 Å². The largest absolute Gasteiger partial charge is 0.378 e. The highest BCUT2D eigenvalue weighted by molar-refractivity contribution is 6.07. The molecule has 0 spiro atoms. The number of nitrogen functional groups attached to an aromatic ring is 1. The number of hydrogen-bond donors (Lipinski definition) is 3. The fraction of sp³-hybridized carbons (Fsp3) is 0.200. The Morgan fingerprint density at radius 2 is 2.05 bits per heavy atom. The lowest BCUT2D eigenvalue weighted by Gasteiger charge is -2.14. The molecular formula is C15H19N5O. The summed E-state index contributed by atoms with van der Waals surface area (Å²) >= 11 is 0. The standard InChI is InChI=1S/C15H19N5O/c1-10-7-14(19-16)13(9-17-10)15(21)18-11-5-4-6-12(8-11)20(2)3/h4-9H,16H2,1-3H3,(H,17,19)(H,18,21). The maximum absolute atomic E-state index is 12.3. The number of carbonyl (C=O) groups excluding carboxylic acids is 1. The summed E-state index contributed by atoms with van der Waals surface area (Å²) in [6, 6.07) is 9.32. The van der Waals surface area contributed by atoms with Crippen molar-refractivity contribution in [2.45, 2.75) is 6.92 Å². The minimum atomic E-state index is -0.258. The molecule has 1 amide bonds. The number of nitrogens with zero attached hydrogens (tertiary/aromatic N) is 2. The van der Waals surface area contributed by atoms with Gasteiger partial charge >= 0.3 is 0 Å². The maximum atomic E-state index is 12.3. The summed E-state index contributed by atoms with van der Waals surface area (Å²) in [6.07, 6.45) is 1.51. The van der Waals surface area contributed by atoms with Crippen LogP contribution in [-0.2, 0) is 0 Å². The quantitative estimate of drug-likeness (QED) is 0.591. The van der Waals surface area contributed by atoms with E-state index in [1.165, 1.54) is 6.20 Å². The summed E-state index contributed by atoms with van der Waals surface area (Å²) in [6.45, 7) is 1.84. The van der Waals surface area contributed by atoms with Gasteiger partial charge in [0.2, 0.25) is 0 Å². The van der Waals surface area contributed by atoms with E-state index in [0.29, 0.717) is 11.3 Å². The molecule has 21 heavy (non-hydrogen) atoms. The van der Waals surface area contributed by atoms with Crippen LogP contribution in [0.25, 0.3) is 0 Å². The molecule has 0 aliphatic carbocycles. The van der Waals surface area contributed by atoms with Crippen LogP contribution in [0.4, 0.5) is 17.1 Å². The van der Waals surface area contributed by atoms with E-state index < -0.39 is 0 Å². The average molecular weight is 285 g/mol. The molecule has 6 nitrogen and oxygen atoms in total. The molecule has 1 aromatic heterocycles. The third-order valence-corrected chi connectivity index (χ3v) is 3.06. The summed E-state index contributed by atoms with van der Waals surface area (Å²) in [5.74, 6) is 5.19. The molecule has 2 rings (SSSR count). The van der Waals surface area contributed by atoms with Crippen molar-refractivity contribution < 1.29 is 4.79 Å². The van der Waals surface area contributed by atoms with Gasteiger partial charge in [-0.3, -0.25) is 15.6 Å². The zero-order valence-electron chi connectivity index (χ0n) is 12.3. The van der Waals surface area contributed by atoms with Crippen LogP contribution < -0.4 is 21.5 Å². The van der Waals surface area contributed by atoms with Crippen molar-refractivity contribution in [1.82, 2.24) is 4.98 Å². The summed E-state index contributed by atoms with van der Waals surface area (Å²) in [5, 5.41) is 2.85. The Hall–Kier alpha value is -2.60. The van der Waals surface area contributed by atoms with Gasteiger partial charge in [0, 0.05) is 37.4 Å². The molecule has 0 unspecified atom stereocenters. The molecule has 0 fully saturated rings. The van der Waals surface area contributed by atoms with Gasteiger partial charge in [0.25, 0.3) is 5.91 Å². The Morgan fingerprint density at radius 1 is 1.29 bits per heavy atom. The molecule has 1 heterocycles. The fourth-order valence-electron chi connectivity index (χ4n) is 1.92. The van der Waals surface area contributed by atoms with Gasteiger partial charge in [-0.2, -0.15) is 0 Å². The highest BCUT2D eigenvalue weighted by Gasteiger charge is 2.12. The van der Waals surface area contributed by atoms with E-state index in [1.54, 1.807) is 6.07 Å². The van der Waals surface area contributed by atoms with E-state index in [9.17, 15) is 4.79 Å². The van der Waals surface area contributed by atoms with Gasteiger partial charge in [0.1, 0.15) is 0 Å². The number of nitrogens with two attached hydrogens (primary N) is 1. The third-order valence-electron chi connectivity index (χ3n) is 3.06. The van der Waals surface area contributed by atoms with Crippen LogP contribution in [0.2, 0.25) is 0 Å². The predicted octanol–water partition coefficient (Wildman–Crippen LogP) is 1.99. The van der Waals surface area contributed by atoms with Crippen molar-refractivity contribution in [3.05, 3.63) is 47.8 Å². The monoisotopic (exact) mass is 285 g/mol. The molecule has 0 saturated carbocycles. The van der Waals surface area contributed by atoms with Crippen LogP contribution in [0.1, 0.15) is 16.1 Å². The van der Waals surface area contributed by atoms with Crippen LogP contribution in [-0.4, -0.2) is 25.0 Å². The van der Waals surface area contributed by atoms with E-state index in [0.717, 1.165) is 17.1 Å². The van der Waals surface area contributed by atoms with Crippen LogP contribution in [0, 0.1) is 6.92 Å². The minimum Gasteiger partial charge on any atom is -0.378 e. The van der Waals surface area contributed by atoms with E-state index in [2.05, 4.69) is 15.7 Å². The second kappa shape index (κ2) is 6.23. The number of rotatable bonds is 4. The number of benzene rings is 1. The summed E-state index contributed by atoms with van der Waals surface area (Å²) < 4.78 is 0. The molecule has 4 N–H and O–H groups in total. The Labute approximate surface area is 123 Å². The van der Waals surface area contributed by atoms with Crippen LogP contribution in [0.3, 0.4) is 0 Å². The highest BCUT2D eigenvalue weighted by Crippen LogP contribution is 2.20. The van der Waals surface area contributed by atoms with Gasteiger partial charge in [-0.25, -0.2) is 0 Å². The van der Waals surface area contributed by atoms with Gasteiger partial charge in [-0.1, -0.05) is 6.07 Å². The number of pyridine rings is 1. The van der Waals surface area contributed by atoms with Gasteiger partial charge in [-0.15, -0.1) is 0 Å². The fourth-order valence-corrected chi connectivity index (χ4v) is 1.92. The third kappa shape index (κ3) is 3.49. The molecule has 110 valence electrons. The molecule has 0 aliphatic heterocycles. The average Bonchev–Trinajstić information content (AvgIpc) is 2.47. The van der Waals surface area contributed by atoms with Crippen LogP contribution >= 0.6 is 0 Å². The Morgan fingerprint density at radius 3 is 2.71 bits per heavy atom. The Kier molecular flexibility index (Phi) is 4.39. The molecule has 1 aromatic carbocycles. The molecule has 6 heteroatoms. The first-order valence-electron chi connectivity index (χ1n) is 6.53. The lowest BCUT2D eigenvalue weighted by Crippen LogP contribution is -2.18. The second-order valence-corrected chi connectivity index (χ2v) is 4.91. The number of hydrazine groups is 1. The molecule has 0 aliphatic rings. The van der Waals surface area contributed by atoms with Crippen molar-refractivity contribution in [3.8, 4) is 0 Å². The number of hydrogen-bond acceptors (Lipinski definition) is 5. The summed E-state index contributed by atoms with van der Waals surface area (Å²) in [5.41, 5.74) is 5.98. The number of amides is 1. The molecular weight excluding hydrogens is 266 g/mol. The molecule has 0 bridgehead atoms. The first-order chi connectivity index (χ1) is 10.0. The summed E-state index contributed by atoms with van der Waals surface area (Å²) in [7, 11) is 3.89. The SMILES string of the molecule is Cc1cc(NN)c(C(=O)Nc2cccc(N(C)C)c2)cn1. The van der Waals surface area contributed by atoms with E-state index in [-0.39, 0.29) is 5.91 Å². The van der Waals surface area contributed by atoms with Crippen LogP contribution in [0.15, 0.2) is 36.5 Å². The minimum absolute atomic E-state index is 0.258. The lowest BCUT2D eigenvalue weighted by molar-refractivity contribution is 0.102. The lowest BCUT2D eigenvalue weighted by atomic mass is 10.2.